The molecule has 0 unspecified atom stereocenters. The van der Waals surface area contributed by atoms with Crippen LogP contribution in [0.1, 0.15) is 35.1 Å². The Morgan fingerprint density at radius 1 is 1.17 bits per heavy atom. The van der Waals surface area contributed by atoms with Crippen LogP contribution < -0.4 is 5.56 Å². The number of benzene rings is 1. The lowest BCUT2D eigenvalue weighted by molar-refractivity contribution is 0.102. The van der Waals surface area contributed by atoms with E-state index in [-0.39, 0.29) is 17.1 Å². The van der Waals surface area contributed by atoms with E-state index >= 15 is 0 Å². The molecule has 0 saturated carbocycles. The van der Waals surface area contributed by atoms with Crippen molar-refractivity contribution < 1.29 is 9.53 Å². The third-order valence-electron chi connectivity index (χ3n) is 5.00. The standard InChI is InChI=1S/C22H27N3O3S/c1-5-10-24-15(2)13-18(16(24)3)20(26)14-29-22-23-19-9-7-6-8-17(19)21(27)25(22)11-12-28-4/h6-9,13H,5,10-12,14H2,1-4H3. The summed E-state index contributed by atoms with van der Waals surface area (Å²) in [4.78, 5) is 30.5. The zero-order valence-corrected chi connectivity index (χ0v) is 18.2. The minimum atomic E-state index is -0.108. The lowest BCUT2D eigenvalue weighted by Crippen LogP contribution is -2.25. The monoisotopic (exact) mass is 413 g/mol. The molecule has 2 heterocycles. The lowest BCUT2D eigenvalue weighted by Gasteiger charge is -2.12. The number of methoxy groups -OCH3 is 1. The van der Waals surface area contributed by atoms with Gasteiger partial charge in [0.15, 0.2) is 10.9 Å². The van der Waals surface area contributed by atoms with Crippen molar-refractivity contribution in [2.45, 2.75) is 45.4 Å². The topological polar surface area (TPSA) is 66.1 Å². The van der Waals surface area contributed by atoms with Crippen LogP contribution in [-0.4, -0.2) is 39.4 Å². The van der Waals surface area contributed by atoms with Crippen molar-refractivity contribution in [3.8, 4) is 0 Å². The molecule has 29 heavy (non-hydrogen) atoms. The molecule has 154 valence electrons. The Labute approximate surface area is 174 Å². The van der Waals surface area contributed by atoms with Gasteiger partial charge >= 0.3 is 0 Å². The maximum absolute atomic E-state index is 12.9. The maximum Gasteiger partial charge on any atom is 0.262 e. The Kier molecular flexibility index (Phi) is 6.92. The van der Waals surface area contributed by atoms with E-state index in [1.165, 1.54) is 11.8 Å². The molecule has 3 aromatic rings. The number of thioether (sulfide) groups is 1. The molecular weight excluding hydrogens is 386 g/mol. The largest absolute Gasteiger partial charge is 0.383 e. The lowest BCUT2D eigenvalue weighted by atomic mass is 10.2. The Hall–Kier alpha value is -2.38. The second-order valence-electron chi connectivity index (χ2n) is 7.01. The summed E-state index contributed by atoms with van der Waals surface area (Å²) in [5, 5.41) is 1.11. The van der Waals surface area contributed by atoms with Gasteiger partial charge in [-0.15, -0.1) is 0 Å². The van der Waals surface area contributed by atoms with Crippen LogP contribution in [0.2, 0.25) is 0 Å². The van der Waals surface area contributed by atoms with Crippen LogP contribution in [-0.2, 0) is 17.8 Å². The van der Waals surface area contributed by atoms with Gasteiger partial charge in [-0.2, -0.15) is 0 Å². The number of nitrogens with zero attached hydrogens (tertiary/aromatic N) is 3. The number of hydrogen-bond donors (Lipinski definition) is 0. The minimum absolute atomic E-state index is 0.0474. The molecule has 0 aliphatic carbocycles. The first-order valence-corrected chi connectivity index (χ1v) is 10.8. The zero-order chi connectivity index (χ0) is 21.0. The van der Waals surface area contributed by atoms with Gasteiger partial charge in [-0.05, 0) is 38.5 Å². The number of ketones is 1. The molecule has 0 radical (unpaired) electrons. The number of carbonyl (C=O) groups excluding carboxylic acids is 1. The molecule has 7 heteroatoms. The third-order valence-corrected chi connectivity index (χ3v) is 5.98. The van der Waals surface area contributed by atoms with Crippen LogP contribution in [0.4, 0.5) is 0 Å². The number of para-hydroxylation sites is 1. The van der Waals surface area contributed by atoms with Crippen molar-refractivity contribution in [2.75, 3.05) is 19.5 Å². The summed E-state index contributed by atoms with van der Waals surface area (Å²) in [6, 6.07) is 9.24. The minimum Gasteiger partial charge on any atom is -0.383 e. The first-order valence-electron chi connectivity index (χ1n) is 9.79. The maximum atomic E-state index is 12.9. The zero-order valence-electron chi connectivity index (χ0n) is 17.4. The van der Waals surface area contributed by atoms with Crippen LogP contribution in [0.3, 0.4) is 0 Å². The third kappa shape index (κ3) is 4.46. The van der Waals surface area contributed by atoms with E-state index in [0.29, 0.717) is 29.2 Å². The average Bonchev–Trinajstić information content (AvgIpc) is 3.00. The molecule has 6 nitrogen and oxygen atoms in total. The van der Waals surface area contributed by atoms with Crippen molar-refractivity contribution in [3.63, 3.8) is 0 Å². The second-order valence-corrected chi connectivity index (χ2v) is 7.95. The van der Waals surface area contributed by atoms with E-state index < -0.39 is 0 Å². The van der Waals surface area contributed by atoms with Gasteiger partial charge in [0.25, 0.3) is 5.56 Å². The molecule has 3 rings (SSSR count). The predicted molar refractivity (Wildman–Crippen MR) is 117 cm³/mol. The highest BCUT2D eigenvalue weighted by molar-refractivity contribution is 7.99. The number of ether oxygens (including phenoxy) is 1. The molecule has 0 N–H and O–H groups in total. The Morgan fingerprint density at radius 3 is 2.66 bits per heavy atom. The first-order chi connectivity index (χ1) is 14.0. The number of hydrogen-bond acceptors (Lipinski definition) is 5. The second kappa shape index (κ2) is 9.41. The van der Waals surface area contributed by atoms with Crippen molar-refractivity contribution in [2.24, 2.45) is 0 Å². The van der Waals surface area contributed by atoms with Crippen LogP contribution >= 0.6 is 11.8 Å². The Balaban J connectivity index is 1.89. The number of carbonyl (C=O) groups is 1. The van der Waals surface area contributed by atoms with Crippen molar-refractivity contribution in [1.29, 1.82) is 0 Å². The molecule has 0 aliphatic rings. The van der Waals surface area contributed by atoms with Gasteiger partial charge in [-0.1, -0.05) is 30.8 Å². The first kappa shape index (κ1) is 21.3. The summed E-state index contributed by atoms with van der Waals surface area (Å²) < 4.78 is 8.93. The van der Waals surface area contributed by atoms with Gasteiger partial charge in [0.1, 0.15) is 0 Å². The fourth-order valence-electron chi connectivity index (χ4n) is 3.50. The normalized spacial score (nSPS) is 11.3. The van der Waals surface area contributed by atoms with Crippen LogP contribution in [0.5, 0.6) is 0 Å². The van der Waals surface area contributed by atoms with E-state index in [2.05, 4.69) is 16.5 Å². The molecule has 0 bridgehead atoms. The quantitative estimate of drug-likeness (QED) is 0.303. The number of aryl methyl sites for hydroxylation is 1. The molecule has 0 atom stereocenters. The molecule has 1 aromatic carbocycles. The summed E-state index contributed by atoms with van der Waals surface area (Å²) in [5.74, 6) is 0.278. The number of aromatic nitrogens is 3. The Bertz CT molecular complexity index is 1080. The molecule has 0 saturated heterocycles. The van der Waals surface area contributed by atoms with Crippen molar-refractivity contribution >= 4 is 28.4 Å². The molecule has 0 aliphatic heterocycles. The van der Waals surface area contributed by atoms with E-state index in [1.807, 2.05) is 38.1 Å². The molecular formula is C22H27N3O3S. The highest BCUT2D eigenvalue weighted by Gasteiger charge is 2.18. The van der Waals surface area contributed by atoms with Crippen LogP contribution in [0.15, 0.2) is 40.3 Å². The van der Waals surface area contributed by atoms with Gasteiger partial charge < -0.3 is 9.30 Å². The summed E-state index contributed by atoms with van der Waals surface area (Å²) in [5.41, 5.74) is 3.37. The van der Waals surface area contributed by atoms with E-state index in [4.69, 9.17) is 4.74 Å². The van der Waals surface area contributed by atoms with Gasteiger partial charge in [-0.3, -0.25) is 14.2 Å². The van der Waals surface area contributed by atoms with Crippen LogP contribution in [0.25, 0.3) is 10.9 Å². The molecule has 0 amide bonds. The summed E-state index contributed by atoms with van der Waals surface area (Å²) in [7, 11) is 1.60. The van der Waals surface area contributed by atoms with E-state index in [1.54, 1.807) is 17.7 Å². The molecule has 0 fully saturated rings. The predicted octanol–water partition coefficient (Wildman–Crippen LogP) is 3.85. The smallest absolute Gasteiger partial charge is 0.262 e. The summed E-state index contributed by atoms with van der Waals surface area (Å²) >= 11 is 1.30. The SMILES string of the molecule is CCCn1c(C)cc(C(=O)CSc2nc3ccccc3c(=O)n2CCOC)c1C. The fraction of sp³-hybridized carbons (Fsp3) is 0.409. The summed E-state index contributed by atoms with van der Waals surface area (Å²) in [6.07, 6.45) is 1.02. The van der Waals surface area contributed by atoms with Crippen molar-refractivity contribution in [1.82, 2.24) is 14.1 Å². The van der Waals surface area contributed by atoms with Gasteiger partial charge in [0.2, 0.25) is 0 Å². The van der Waals surface area contributed by atoms with Gasteiger partial charge in [0.05, 0.1) is 29.8 Å². The highest BCUT2D eigenvalue weighted by atomic mass is 32.2. The highest BCUT2D eigenvalue weighted by Crippen LogP contribution is 2.22. The summed E-state index contributed by atoms with van der Waals surface area (Å²) in [6.45, 7) is 7.85. The van der Waals surface area contributed by atoms with E-state index in [9.17, 15) is 9.59 Å². The average molecular weight is 414 g/mol. The fourth-order valence-corrected chi connectivity index (χ4v) is 4.41. The number of Topliss-reactive ketones (excluding diaryl/α,β-unsaturated/α-hetero) is 1. The number of rotatable bonds is 9. The molecule has 2 aromatic heterocycles. The Morgan fingerprint density at radius 2 is 1.93 bits per heavy atom. The van der Waals surface area contributed by atoms with Crippen molar-refractivity contribution in [3.05, 3.63) is 57.6 Å². The van der Waals surface area contributed by atoms with E-state index in [0.717, 1.165) is 29.9 Å². The van der Waals surface area contributed by atoms with Crippen LogP contribution in [0, 0.1) is 13.8 Å². The van der Waals surface area contributed by atoms with Gasteiger partial charge in [-0.25, -0.2) is 4.98 Å². The van der Waals surface area contributed by atoms with Gasteiger partial charge in [0, 0.05) is 30.6 Å². The number of fused-ring (bicyclic) bond motifs is 1. The molecule has 0 spiro atoms.